The quantitative estimate of drug-likeness (QED) is 0.432. The van der Waals surface area contributed by atoms with Gasteiger partial charge in [-0.05, 0) is 43.0 Å². The van der Waals surface area contributed by atoms with Crippen LogP contribution < -0.4 is 5.32 Å². The summed E-state index contributed by atoms with van der Waals surface area (Å²) in [5.41, 5.74) is 2.09. The number of nitrogens with zero attached hydrogens (tertiary/aromatic N) is 1. The standard InChI is InChI=1S/C22H15ClN2O3S/c1-13(26)14-6-8-15(9-7-14)19-11-10-16(28-19)12-20-21(27)25-22(29-20)24-18-5-3-2-4-17(18)23/h2-12H,1H3,(H,24,25,27). The number of amidine groups is 1. The maximum Gasteiger partial charge on any atom is 0.264 e. The number of aliphatic imine (C=N–C) groups is 1. The lowest BCUT2D eigenvalue weighted by molar-refractivity contribution is -0.115. The van der Waals surface area contributed by atoms with Crippen molar-refractivity contribution in [2.75, 3.05) is 0 Å². The molecule has 4 rings (SSSR count). The average Bonchev–Trinajstić information content (AvgIpc) is 3.31. The number of carbonyl (C=O) groups is 2. The number of hydrogen-bond donors (Lipinski definition) is 1. The van der Waals surface area contributed by atoms with E-state index in [9.17, 15) is 9.59 Å². The van der Waals surface area contributed by atoms with E-state index < -0.39 is 0 Å². The first kappa shape index (κ1) is 19.2. The largest absolute Gasteiger partial charge is 0.457 e. The number of Topliss-reactive ketones (excluding diaryl/α,β-unsaturated/α-hetero) is 1. The molecule has 2 aromatic carbocycles. The zero-order valence-electron chi connectivity index (χ0n) is 15.3. The molecule has 1 aliphatic rings. The summed E-state index contributed by atoms with van der Waals surface area (Å²) in [5.74, 6) is 0.970. The van der Waals surface area contributed by atoms with Crippen molar-refractivity contribution in [1.29, 1.82) is 0 Å². The molecule has 5 nitrogen and oxygen atoms in total. The number of para-hydroxylation sites is 1. The summed E-state index contributed by atoms with van der Waals surface area (Å²) in [6, 6.07) is 18.0. The fraction of sp³-hybridized carbons (Fsp3) is 0.0455. The van der Waals surface area contributed by atoms with Crippen molar-refractivity contribution in [1.82, 2.24) is 5.32 Å². The summed E-state index contributed by atoms with van der Waals surface area (Å²) in [6.07, 6.45) is 1.67. The zero-order chi connectivity index (χ0) is 20.4. The molecule has 0 radical (unpaired) electrons. The van der Waals surface area contributed by atoms with Gasteiger partial charge < -0.3 is 9.73 Å². The molecule has 1 aliphatic heterocycles. The maximum atomic E-state index is 12.3. The van der Waals surface area contributed by atoms with E-state index in [4.69, 9.17) is 16.0 Å². The van der Waals surface area contributed by atoms with E-state index in [0.29, 0.717) is 37.9 Å². The van der Waals surface area contributed by atoms with E-state index >= 15 is 0 Å². The highest BCUT2D eigenvalue weighted by Crippen LogP contribution is 2.32. The summed E-state index contributed by atoms with van der Waals surface area (Å²) >= 11 is 7.34. The molecule has 1 amide bonds. The van der Waals surface area contributed by atoms with Crippen molar-refractivity contribution in [2.45, 2.75) is 6.92 Å². The summed E-state index contributed by atoms with van der Waals surface area (Å²) in [4.78, 5) is 28.5. The first-order valence-electron chi connectivity index (χ1n) is 8.75. The number of rotatable bonds is 4. The molecule has 144 valence electrons. The van der Waals surface area contributed by atoms with Crippen molar-refractivity contribution in [2.24, 2.45) is 4.99 Å². The molecule has 0 aliphatic carbocycles. The van der Waals surface area contributed by atoms with Crippen LogP contribution in [0.1, 0.15) is 23.0 Å². The topological polar surface area (TPSA) is 71.7 Å². The molecule has 1 N–H and O–H groups in total. The van der Waals surface area contributed by atoms with Crippen LogP contribution in [0, 0.1) is 0 Å². The molecular formula is C22H15ClN2O3S. The van der Waals surface area contributed by atoms with Crippen molar-refractivity contribution in [3.05, 3.63) is 81.9 Å². The molecule has 1 saturated heterocycles. The van der Waals surface area contributed by atoms with E-state index in [-0.39, 0.29) is 11.7 Å². The van der Waals surface area contributed by atoms with Gasteiger partial charge in [0.05, 0.1) is 15.6 Å². The van der Waals surface area contributed by atoms with E-state index in [1.807, 2.05) is 30.3 Å². The third kappa shape index (κ3) is 4.34. The lowest BCUT2D eigenvalue weighted by Crippen LogP contribution is -2.19. The van der Waals surface area contributed by atoms with Crippen LogP contribution in [0.15, 0.2) is 75.0 Å². The molecule has 29 heavy (non-hydrogen) atoms. The van der Waals surface area contributed by atoms with Crippen LogP contribution in [-0.4, -0.2) is 16.9 Å². The number of carbonyl (C=O) groups excluding carboxylic acids is 2. The number of hydrogen-bond acceptors (Lipinski definition) is 5. The number of furan rings is 1. The Bertz CT molecular complexity index is 1160. The minimum absolute atomic E-state index is 0.0138. The Hall–Kier alpha value is -3.09. The highest BCUT2D eigenvalue weighted by Gasteiger charge is 2.24. The van der Waals surface area contributed by atoms with Crippen LogP contribution in [0.3, 0.4) is 0 Å². The van der Waals surface area contributed by atoms with Crippen molar-refractivity contribution < 1.29 is 14.0 Å². The first-order chi connectivity index (χ1) is 14.0. The van der Waals surface area contributed by atoms with Crippen molar-refractivity contribution in [3.8, 4) is 11.3 Å². The minimum Gasteiger partial charge on any atom is -0.457 e. The van der Waals surface area contributed by atoms with E-state index in [1.54, 1.807) is 36.4 Å². The van der Waals surface area contributed by atoms with Gasteiger partial charge in [0.1, 0.15) is 11.5 Å². The Morgan fingerprint density at radius 1 is 1.10 bits per heavy atom. The molecule has 0 spiro atoms. The lowest BCUT2D eigenvalue weighted by atomic mass is 10.1. The van der Waals surface area contributed by atoms with Gasteiger partial charge in [0, 0.05) is 17.2 Å². The monoisotopic (exact) mass is 422 g/mol. The van der Waals surface area contributed by atoms with Gasteiger partial charge in [-0.2, -0.15) is 0 Å². The van der Waals surface area contributed by atoms with Gasteiger partial charge >= 0.3 is 0 Å². The fourth-order valence-corrected chi connectivity index (χ4v) is 3.71. The van der Waals surface area contributed by atoms with Crippen LogP contribution in [-0.2, 0) is 4.79 Å². The number of halogens is 1. The summed E-state index contributed by atoms with van der Waals surface area (Å²) < 4.78 is 5.84. The second kappa shape index (κ2) is 8.11. The van der Waals surface area contributed by atoms with Crippen molar-refractivity contribution >= 4 is 52.0 Å². The van der Waals surface area contributed by atoms with E-state index in [0.717, 1.165) is 5.56 Å². The van der Waals surface area contributed by atoms with Gasteiger partial charge in [0.2, 0.25) is 0 Å². The molecule has 7 heteroatoms. The third-order valence-corrected chi connectivity index (χ3v) is 5.43. The van der Waals surface area contributed by atoms with Crippen LogP contribution in [0.5, 0.6) is 0 Å². The van der Waals surface area contributed by atoms with Crippen LogP contribution in [0.2, 0.25) is 5.02 Å². The zero-order valence-corrected chi connectivity index (χ0v) is 16.9. The molecule has 3 aromatic rings. The number of nitrogens with one attached hydrogen (secondary N) is 1. The van der Waals surface area contributed by atoms with Gasteiger partial charge in [-0.3, -0.25) is 9.59 Å². The number of ketones is 1. The summed E-state index contributed by atoms with van der Waals surface area (Å²) in [7, 11) is 0. The first-order valence-corrected chi connectivity index (χ1v) is 9.94. The van der Waals surface area contributed by atoms with Crippen molar-refractivity contribution in [3.63, 3.8) is 0 Å². The van der Waals surface area contributed by atoms with Crippen LogP contribution in [0.4, 0.5) is 5.69 Å². The van der Waals surface area contributed by atoms with E-state index in [1.165, 1.54) is 18.7 Å². The second-order valence-corrected chi connectivity index (χ2v) is 7.71. The smallest absolute Gasteiger partial charge is 0.264 e. The summed E-state index contributed by atoms with van der Waals surface area (Å²) in [5, 5.41) is 3.70. The predicted molar refractivity (Wildman–Crippen MR) is 116 cm³/mol. The summed E-state index contributed by atoms with van der Waals surface area (Å²) in [6.45, 7) is 1.53. The molecule has 0 bridgehead atoms. The highest BCUT2D eigenvalue weighted by molar-refractivity contribution is 8.18. The lowest BCUT2D eigenvalue weighted by Gasteiger charge is -1.99. The van der Waals surface area contributed by atoms with Gasteiger partial charge in [-0.1, -0.05) is 48.0 Å². The minimum atomic E-state index is -0.246. The number of thioether (sulfide) groups is 1. The molecule has 0 atom stereocenters. The Balaban J connectivity index is 1.54. The van der Waals surface area contributed by atoms with Gasteiger partial charge in [0.25, 0.3) is 5.91 Å². The Morgan fingerprint density at radius 3 is 2.59 bits per heavy atom. The predicted octanol–water partition coefficient (Wildman–Crippen LogP) is 5.69. The SMILES string of the molecule is CC(=O)c1ccc(-c2ccc(C=C3SC(=Nc4ccccc4Cl)NC3=O)o2)cc1. The highest BCUT2D eigenvalue weighted by atomic mass is 35.5. The molecule has 1 fully saturated rings. The molecule has 0 unspecified atom stereocenters. The maximum absolute atomic E-state index is 12.3. The number of benzene rings is 2. The molecule has 0 saturated carbocycles. The van der Waals surface area contributed by atoms with Crippen LogP contribution >= 0.6 is 23.4 Å². The molecular weight excluding hydrogens is 408 g/mol. The van der Waals surface area contributed by atoms with Gasteiger partial charge in [-0.15, -0.1) is 0 Å². The van der Waals surface area contributed by atoms with Gasteiger partial charge in [-0.25, -0.2) is 4.99 Å². The Morgan fingerprint density at radius 2 is 1.86 bits per heavy atom. The molecule has 2 heterocycles. The molecule has 1 aromatic heterocycles. The Labute approximate surface area is 176 Å². The second-order valence-electron chi connectivity index (χ2n) is 6.27. The Kier molecular flexibility index (Phi) is 5.38. The number of amides is 1. The normalized spacial score (nSPS) is 16.4. The fourth-order valence-electron chi connectivity index (χ4n) is 2.72. The van der Waals surface area contributed by atoms with Gasteiger partial charge in [0.15, 0.2) is 11.0 Å². The average molecular weight is 423 g/mol. The van der Waals surface area contributed by atoms with E-state index in [2.05, 4.69) is 10.3 Å². The third-order valence-electron chi connectivity index (χ3n) is 4.20. The van der Waals surface area contributed by atoms with Crippen LogP contribution in [0.25, 0.3) is 17.4 Å².